The summed E-state index contributed by atoms with van der Waals surface area (Å²) >= 11 is 0. The maximum atomic E-state index is 4.36. The van der Waals surface area contributed by atoms with Gasteiger partial charge >= 0.3 is 0 Å². The maximum Gasteiger partial charge on any atom is 0.0570 e. The Morgan fingerprint density at radius 3 is 2.44 bits per heavy atom. The fourth-order valence-corrected chi connectivity index (χ4v) is 2.14. The Morgan fingerprint density at radius 2 is 1.78 bits per heavy atom. The van der Waals surface area contributed by atoms with E-state index in [-0.39, 0.29) is 0 Å². The summed E-state index contributed by atoms with van der Waals surface area (Å²) in [6.07, 6.45) is 11.4. The Bertz CT molecular complexity index is 284. The highest BCUT2D eigenvalue weighted by Crippen LogP contribution is 2.09. The van der Waals surface area contributed by atoms with E-state index in [1.165, 1.54) is 44.9 Å². The molecule has 2 heteroatoms. The number of nitrogens with one attached hydrogen (secondary N) is 1. The lowest BCUT2D eigenvalue weighted by atomic mass is 10.1. The molecule has 1 atom stereocenters. The molecule has 1 aromatic heterocycles. The molecule has 0 fully saturated rings. The lowest BCUT2D eigenvalue weighted by Crippen LogP contribution is -2.20. The van der Waals surface area contributed by atoms with E-state index >= 15 is 0 Å². The number of nitrogens with zero attached hydrogens (tertiary/aromatic N) is 1. The molecule has 0 amide bonds. The minimum absolute atomic E-state index is 0.367. The van der Waals surface area contributed by atoms with Crippen LogP contribution in [0, 0.1) is 0 Å². The van der Waals surface area contributed by atoms with Gasteiger partial charge < -0.3 is 5.32 Å². The Morgan fingerprint density at radius 1 is 1.06 bits per heavy atom. The Labute approximate surface area is 112 Å². The third-order valence-corrected chi connectivity index (χ3v) is 3.36. The van der Waals surface area contributed by atoms with Crippen LogP contribution in [0.5, 0.6) is 0 Å². The molecule has 2 nitrogen and oxygen atoms in total. The first kappa shape index (κ1) is 15.2. The minimum atomic E-state index is 0.367. The van der Waals surface area contributed by atoms with Gasteiger partial charge in [0.2, 0.25) is 0 Å². The molecule has 0 aliphatic carbocycles. The third kappa shape index (κ3) is 6.75. The quantitative estimate of drug-likeness (QED) is 0.617. The highest BCUT2D eigenvalue weighted by molar-refractivity contribution is 5.07. The van der Waals surface area contributed by atoms with Crippen LogP contribution in [-0.4, -0.2) is 11.5 Å². The number of hydrogen-bond donors (Lipinski definition) is 1. The van der Waals surface area contributed by atoms with Gasteiger partial charge in [0, 0.05) is 12.2 Å². The van der Waals surface area contributed by atoms with Crippen molar-refractivity contribution in [1.29, 1.82) is 0 Å². The largest absolute Gasteiger partial charge is 0.309 e. The smallest absolute Gasteiger partial charge is 0.0570 e. The molecule has 0 saturated heterocycles. The van der Waals surface area contributed by atoms with Crippen molar-refractivity contribution in [3.05, 3.63) is 30.1 Å². The highest BCUT2D eigenvalue weighted by Gasteiger charge is 2.03. The van der Waals surface area contributed by atoms with Crippen molar-refractivity contribution in [3.8, 4) is 0 Å². The van der Waals surface area contributed by atoms with Crippen molar-refractivity contribution < 1.29 is 0 Å². The summed E-state index contributed by atoms with van der Waals surface area (Å²) in [4.78, 5) is 4.36. The van der Waals surface area contributed by atoms with E-state index in [0.717, 1.165) is 12.2 Å². The van der Waals surface area contributed by atoms with E-state index < -0.39 is 0 Å². The Kier molecular flexibility index (Phi) is 8.49. The van der Waals surface area contributed by atoms with E-state index in [4.69, 9.17) is 0 Å². The first-order valence-electron chi connectivity index (χ1n) is 7.49. The van der Waals surface area contributed by atoms with Crippen LogP contribution in [0.15, 0.2) is 24.4 Å². The van der Waals surface area contributed by atoms with E-state index in [1.54, 1.807) is 0 Å². The van der Waals surface area contributed by atoms with Crippen LogP contribution in [0.4, 0.5) is 0 Å². The molecule has 0 aliphatic rings. The highest BCUT2D eigenvalue weighted by atomic mass is 14.9. The number of unbranched alkanes of at least 4 members (excludes halogenated alkanes) is 6. The van der Waals surface area contributed by atoms with Crippen molar-refractivity contribution in [2.24, 2.45) is 0 Å². The second-order valence-electron chi connectivity index (χ2n) is 5.05. The van der Waals surface area contributed by atoms with Crippen molar-refractivity contribution in [2.75, 3.05) is 6.54 Å². The predicted octanol–water partition coefficient (Wildman–Crippen LogP) is 4.48. The van der Waals surface area contributed by atoms with Gasteiger partial charge in [-0.25, -0.2) is 0 Å². The molecule has 1 N–H and O–H groups in total. The zero-order valence-corrected chi connectivity index (χ0v) is 12.0. The number of pyridine rings is 1. The van der Waals surface area contributed by atoms with Gasteiger partial charge in [0.05, 0.1) is 5.69 Å². The first-order valence-corrected chi connectivity index (χ1v) is 7.49. The topological polar surface area (TPSA) is 24.9 Å². The van der Waals surface area contributed by atoms with Crippen molar-refractivity contribution >= 4 is 0 Å². The van der Waals surface area contributed by atoms with Crippen molar-refractivity contribution in [2.45, 2.75) is 64.8 Å². The molecule has 102 valence electrons. The van der Waals surface area contributed by atoms with Gasteiger partial charge in [0.15, 0.2) is 0 Å². The normalized spacial score (nSPS) is 12.6. The molecular weight excluding hydrogens is 220 g/mol. The van der Waals surface area contributed by atoms with Crippen LogP contribution >= 0.6 is 0 Å². The van der Waals surface area contributed by atoms with E-state index in [0.29, 0.717) is 6.04 Å². The van der Waals surface area contributed by atoms with Crippen LogP contribution in [0.2, 0.25) is 0 Å². The molecule has 1 aromatic rings. The summed E-state index contributed by atoms with van der Waals surface area (Å²) in [5, 5.41) is 3.54. The summed E-state index contributed by atoms with van der Waals surface area (Å²) in [6, 6.07) is 6.47. The predicted molar refractivity (Wildman–Crippen MR) is 78.6 cm³/mol. The molecule has 18 heavy (non-hydrogen) atoms. The second kappa shape index (κ2) is 10.1. The zero-order valence-electron chi connectivity index (χ0n) is 12.0. The van der Waals surface area contributed by atoms with E-state index in [1.807, 2.05) is 18.3 Å². The van der Waals surface area contributed by atoms with Gasteiger partial charge in [-0.15, -0.1) is 0 Å². The fourth-order valence-electron chi connectivity index (χ4n) is 2.14. The van der Waals surface area contributed by atoms with Gasteiger partial charge in [-0.3, -0.25) is 4.98 Å². The SMILES string of the molecule is CCCCCCCCCN[C@@H](C)c1ccccn1. The number of rotatable bonds is 10. The van der Waals surface area contributed by atoms with Crippen LogP contribution in [0.25, 0.3) is 0 Å². The molecule has 0 bridgehead atoms. The molecule has 0 saturated carbocycles. The standard InChI is InChI=1S/C16H28N2/c1-3-4-5-6-7-8-10-13-17-15(2)16-12-9-11-14-18-16/h9,11-12,14-15,17H,3-8,10,13H2,1-2H3/t15-/m0/s1. The molecular formula is C16H28N2. The van der Waals surface area contributed by atoms with Crippen LogP contribution < -0.4 is 5.32 Å². The summed E-state index contributed by atoms with van der Waals surface area (Å²) in [6.45, 7) is 5.55. The van der Waals surface area contributed by atoms with Crippen molar-refractivity contribution in [1.82, 2.24) is 10.3 Å². The lowest BCUT2D eigenvalue weighted by molar-refractivity contribution is 0.517. The molecule has 0 aliphatic heterocycles. The van der Waals surface area contributed by atoms with Gasteiger partial charge in [0.25, 0.3) is 0 Å². The molecule has 1 rings (SSSR count). The van der Waals surface area contributed by atoms with Gasteiger partial charge in [0.1, 0.15) is 0 Å². The molecule has 1 heterocycles. The Hall–Kier alpha value is -0.890. The number of hydrogen-bond acceptors (Lipinski definition) is 2. The zero-order chi connectivity index (χ0) is 13.1. The molecule has 0 radical (unpaired) electrons. The summed E-state index contributed by atoms with van der Waals surface area (Å²) in [5.41, 5.74) is 1.14. The average molecular weight is 248 g/mol. The Balaban J connectivity index is 1.98. The molecule has 0 aromatic carbocycles. The lowest BCUT2D eigenvalue weighted by Gasteiger charge is -2.12. The van der Waals surface area contributed by atoms with Crippen LogP contribution in [-0.2, 0) is 0 Å². The van der Waals surface area contributed by atoms with Gasteiger partial charge in [-0.1, -0.05) is 51.5 Å². The fraction of sp³-hybridized carbons (Fsp3) is 0.688. The van der Waals surface area contributed by atoms with Gasteiger partial charge in [-0.2, -0.15) is 0 Å². The summed E-state index contributed by atoms with van der Waals surface area (Å²) in [5.74, 6) is 0. The number of aromatic nitrogens is 1. The van der Waals surface area contributed by atoms with Crippen molar-refractivity contribution in [3.63, 3.8) is 0 Å². The van der Waals surface area contributed by atoms with Gasteiger partial charge in [-0.05, 0) is 32.0 Å². The van der Waals surface area contributed by atoms with E-state index in [9.17, 15) is 0 Å². The summed E-state index contributed by atoms with van der Waals surface area (Å²) < 4.78 is 0. The monoisotopic (exact) mass is 248 g/mol. The first-order chi connectivity index (χ1) is 8.84. The van der Waals surface area contributed by atoms with E-state index in [2.05, 4.69) is 30.2 Å². The summed E-state index contributed by atoms with van der Waals surface area (Å²) in [7, 11) is 0. The minimum Gasteiger partial charge on any atom is -0.309 e. The molecule has 0 spiro atoms. The molecule has 0 unspecified atom stereocenters. The average Bonchev–Trinajstić information content (AvgIpc) is 2.42. The third-order valence-electron chi connectivity index (χ3n) is 3.36. The van der Waals surface area contributed by atoms with Crippen LogP contribution in [0.1, 0.15) is 70.5 Å². The maximum absolute atomic E-state index is 4.36. The van der Waals surface area contributed by atoms with Crippen LogP contribution in [0.3, 0.4) is 0 Å². The second-order valence-corrected chi connectivity index (χ2v) is 5.05.